The van der Waals surface area contributed by atoms with Crippen molar-refractivity contribution >= 4 is 0 Å². The fourth-order valence-electron chi connectivity index (χ4n) is 3.22. The first-order valence-corrected chi connectivity index (χ1v) is 10.4. The number of hydrogen-bond donors (Lipinski definition) is 0. The first kappa shape index (κ1) is 19.9. The Balaban J connectivity index is 1.91. The average molecular weight is 395 g/mol. The van der Waals surface area contributed by atoms with E-state index in [1.807, 2.05) is 48.5 Å². The number of benzene rings is 2. The van der Waals surface area contributed by atoms with Gasteiger partial charge in [0.15, 0.2) is 0 Å². The second-order valence-electron chi connectivity index (χ2n) is 8.03. The first-order chi connectivity index (χ1) is 14.5. The van der Waals surface area contributed by atoms with Crippen molar-refractivity contribution in [2.45, 2.75) is 39.5 Å². The van der Waals surface area contributed by atoms with E-state index in [-0.39, 0.29) is 11.8 Å². The smallest absolute Gasteiger partial charge is 0.132 e. The molecule has 0 aliphatic rings. The van der Waals surface area contributed by atoms with Gasteiger partial charge < -0.3 is 0 Å². The minimum absolute atomic E-state index is 0.215. The second-order valence-corrected chi connectivity index (χ2v) is 8.03. The lowest BCUT2D eigenvalue weighted by Gasteiger charge is -2.13. The van der Waals surface area contributed by atoms with Gasteiger partial charge in [0.25, 0.3) is 0 Å². The van der Waals surface area contributed by atoms with E-state index in [1.54, 1.807) is 0 Å². The van der Waals surface area contributed by atoms with Crippen LogP contribution in [0.4, 0.5) is 0 Å². The van der Waals surface area contributed by atoms with Gasteiger partial charge in [-0.3, -0.25) is 0 Å². The van der Waals surface area contributed by atoms with Crippen LogP contribution in [-0.2, 0) is 0 Å². The van der Waals surface area contributed by atoms with Crippen molar-refractivity contribution in [2.24, 2.45) is 0 Å². The van der Waals surface area contributed by atoms with Gasteiger partial charge in [-0.2, -0.15) is 0 Å². The van der Waals surface area contributed by atoms with Gasteiger partial charge in [0, 0.05) is 23.0 Å². The topological polar surface area (TPSA) is 51.6 Å². The minimum Gasteiger partial charge on any atom is -0.233 e. The van der Waals surface area contributed by atoms with Gasteiger partial charge in [-0.25, -0.2) is 19.9 Å². The number of nitrogens with zero attached hydrogens (tertiary/aromatic N) is 4. The van der Waals surface area contributed by atoms with Crippen molar-refractivity contribution in [1.29, 1.82) is 0 Å². The number of aromatic nitrogens is 4. The zero-order chi connectivity index (χ0) is 21.1. The Bertz CT molecular complexity index is 1040. The molecule has 4 heteroatoms. The molecule has 2 heterocycles. The second kappa shape index (κ2) is 8.54. The maximum Gasteiger partial charge on any atom is 0.132 e. The molecule has 4 rings (SSSR count). The lowest BCUT2D eigenvalue weighted by molar-refractivity contribution is 0.768. The van der Waals surface area contributed by atoms with Gasteiger partial charge in [0.05, 0.1) is 22.8 Å². The van der Waals surface area contributed by atoms with E-state index >= 15 is 0 Å². The first-order valence-electron chi connectivity index (χ1n) is 10.4. The van der Waals surface area contributed by atoms with Gasteiger partial charge in [0.2, 0.25) is 0 Å². The molecule has 0 aliphatic carbocycles. The Morgan fingerprint density at radius 3 is 1.13 bits per heavy atom. The highest BCUT2D eigenvalue weighted by Crippen LogP contribution is 2.28. The Hall–Kier alpha value is -3.40. The van der Waals surface area contributed by atoms with Crippen molar-refractivity contribution in [2.75, 3.05) is 0 Å². The predicted octanol–water partition coefficient (Wildman–Crippen LogP) is 6.51. The average Bonchev–Trinajstić information content (AvgIpc) is 2.79. The van der Waals surface area contributed by atoms with Crippen molar-refractivity contribution in [1.82, 2.24) is 19.9 Å². The molecule has 0 radical (unpaired) electrons. The largest absolute Gasteiger partial charge is 0.233 e. The molecule has 30 heavy (non-hydrogen) atoms. The van der Waals surface area contributed by atoms with Crippen molar-refractivity contribution in [3.63, 3.8) is 0 Å². The third-order valence-electron chi connectivity index (χ3n) is 4.92. The van der Waals surface area contributed by atoms with E-state index in [1.165, 1.54) is 0 Å². The minimum atomic E-state index is 0.215. The summed E-state index contributed by atoms with van der Waals surface area (Å²) in [6, 6.07) is 24.5. The molecule has 4 nitrogen and oxygen atoms in total. The highest BCUT2D eigenvalue weighted by Gasteiger charge is 2.15. The van der Waals surface area contributed by atoms with Crippen LogP contribution in [0, 0.1) is 0 Å². The Kier molecular flexibility index (Phi) is 5.66. The summed E-state index contributed by atoms with van der Waals surface area (Å²) in [5, 5.41) is 0. The fraction of sp³-hybridized carbons (Fsp3) is 0.231. The summed E-state index contributed by atoms with van der Waals surface area (Å²) < 4.78 is 0. The van der Waals surface area contributed by atoms with Crippen LogP contribution in [0.2, 0.25) is 0 Å². The van der Waals surface area contributed by atoms with E-state index in [9.17, 15) is 0 Å². The fourth-order valence-corrected chi connectivity index (χ4v) is 3.22. The van der Waals surface area contributed by atoms with Crippen LogP contribution in [0.3, 0.4) is 0 Å². The molecule has 0 spiro atoms. The predicted molar refractivity (Wildman–Crippen MR) is 122 cm³/mol. The van der Waals surface area contributed by atoms with E-state index < -0.39 is 0 Å². The SMILES string of the molecule is CC(C)c1nc(-c2ccccc2)cc(-c2cc(-c3ccccc3)nc(C(C)C)n2)n1. The van der Waals surface area contributed by atoms with Gasteiger partial charge in [0.1, 0.15) is 11.6 Å². The Morgan fingerprint density at radius 2 is 0.800 bits per heavy atom. The summed E-state index contributed by atoms with van der Waals surface area (Å²) in [5.74, 6) is 2.06. The summed E-state index contributed by atoms with van der Waals surface area (Å²) in [7, 11) is 0. The Labute approximate surface area is 178 Å². The maximum absolute atomic E-state index is 4.86. The molecule has 0 unspecified atom stereocenters. The van der Waals surface area contributed by atoms with E-state index in [2.05, 4.69) is 52.0 Å². The molecular formula is C26H26N4. The molecule has 0 saturated carbocycles. The quantitative estimate of drug-likeness (QED) is 0.387. The molecule has 0 aliphatic heterocycles. The van der Waals surface area contributed by atoms with Gasteiger partial charge in [-0.05, 0) is 12.1 Å². The summed E-state index contributed by atoms with van der Waals surface area (Å²) >= 11 is 0. The summed E-state index contributed by atoms with van der Waals surface area (Å²) in [5.41, 5.74) is 5.63. The zero-order valence-electron chi connectivity index (χ0n) is 17.9. The molecule has 0 bridgehead atoms. The van der Waals surface area contributed by atoms with Crippen LogP contribution >= 0.6 is 0 Å². The third kappa shape index (κ3) is 4.28. The summed E-state index contributed by atoms with van der Waals surface area (Å²) in [6.45, 7) is 8.46. The van der Waals surface area contributed by atoms with Crippen LogP contribution < -0.4 is 0 Å². The molecule has 0 amide bonds. The van der Waals surface area contributed by atoms with Crippen molar-refractivity contribution < 1.29 is 0 Å². The van der Waals surface area contributed by atoms with Gasteiger partial charge in [-0.1, -0.05) is 88.4 Å². The van der Waals surface area contributed by atoms with Crippen LogP contribution in [0.5, 0.6) is 0 Å². The third-order valence-corrected chi connectivity index (χ3v) is 4.92. The molecule has 4 aromatic rings. The lowest BCUT2D eigenvalue weighted by Crippen LogP contribution is -2.05. The number of rotatable bonds is 5. The van der Waals surface area contributed by atoms with Crippen molar-refractivity contribution in [3.05, 3.63) is 84.4 Å². The Morgan fingerprint density at radius 1 is 0.467 bits per heavy atom. The van der Waals surface area contributed by atoms with Gasteiger partial charge in [-0.15, -0.1) is 0 Å². The molecule has 0 N–H and O–H groups in total. The molecule has 0 atom stereocenters. The van der Waals surface area contributed by atoms with Crippen LogP contribution in [0.1, 0.15) is 51.2 Å². The summed E-state index contributed by atoms with van der Waals surface area (Å²) in [4.78, 5) is 19.3. The highest BCUT2D eigenvalue weighted by atomic mass is 14.9. The molecule has 0 fully saturated rings. The molecule has 2 aromatic carbocycles. The molecule has 0 saturated heterocycles. The lowest BCUT2D eigenvalue weighted by atomic mass is 10.1. The molecule has 2 aromatic heterocycles. The van der Waals surface area contributed by atoms with Gasteiger partial charge >= 0.3 is 0 Å². The monoisotopic (exact) mass is 394 g/mol. The van der Waals surface area contributed by atoms with E-state index in [0.29, 0.717) is 0 Å². The standard InChI is InChI=1S/C26H26N4/c1-17(2)25-27-21(19-11-7-5-8-12-19)15-23(29-25)24-16-22(20-13-9-6-10-14-20)28-26(30-24)18(3)4/h5-18H,1-4H3. The van der Waals surface area contributed by atoms with Crippen molar-refractivity contribution in [3.8, 4) is 33.9 Å². The maximum atomic E-state index is 4.86. The van der Waals surface area contributed by atoms with Crippen LogP contribution in [-0.4, -0.2) is 19.9 Å². The number of hydrogen-bond acceptors (Lipinski definition) is 4. The van der Waals surface area contributed by atoms with E-state index in [4.69, 9.17) is 19.9 Å². The summed E-state index contributed by atoms with van der Waals surface area (Å²) in [6.07, 6.45) is 0. The normalized spacial score (nSPS) is 11.3. The van der Waals surface area contributed by atoms with Crippen LogP contribution in [0.15, 0.2) is 72.8 Å². The molecule has 150 valence electrons. The zero-order valence-corrected chi connectivity index (χ0v) is 17.9. The van der Waals surface area contributed by atoms with Crippen LogP contribution in [0.25, 0.3) is 33.9 Å². The highest BCUT2D eigenvalue weighted by molar-refractivity contribution is 5.70. The molecular weight excluding hydrogens is 368 g/mol. The van der Waals surface area contributed by atoms with E-state index in [0.717, 1.165) is 45.6 Å².